The summed E-state index contributed by atoms with van der Waals surface area (Å²) in [5.41, 5.74) is 1.21. The van der Waals surface area contributed by atoms with E-state index in [9.17, 15) is 0 Å². The second kappa shape index (κ2) is 4.91. The fraction of sp³-hybridized carbons (Fsp3) is 0.571. The SMILES string of the molecule is Cc1sc2nc(N3CCCC(C)C3)nc(Cl)c2c1C. The minimum Gasteiger partial charge on any atom is -0.340 e. The van der Waals surface area contributed by atoms with Crippen molar-refractivity contribution in [2.24, 2.45) is 5.92 Å². The lowest BCUT2D eigenvalue weighted by Crippen LogP contribution is -2.35. The molecule has 2 aromatic heterocycles. The zero-order valence-corrected chi connectivity index (χ0v) is 13.1. The van der Waals surface area contributed by atoms with Gasteiger partial charge >= 0.3 is 0 Å². The fourth-order valence-corrected chi connectivity index (χ4v) is 4.09. The molecule has 1 atom stereocenters. The smallest absolute Gasteiger partial charge is 0.228 e. The highest BCUT2D eigenvalue weighted by Gasteiger charge is 2.21. The molecule has 102 valence electrons. The predicted octanol–water partition coefficient (Wildman–Crippen LogP) is 4.20. The van der Waals surface area contributed by atoms with Crippen molar-refractivity contribution in [2.45, 2.75) is 33.6 Å². The van der Waals surface area contributed by atoms with E-state index in [0.717, 1.165) is 29.3 Å². The zero-order valence-electron chi connectivity index (χ0n) is 11.5. The maximum atomic E-state index is 6.37. The Morgan fingerprint density at radius 2 is 2.11 bits per heavy atom. The van der Waals surface area contributed by atoms with Crippen LogP contribution in [0.2, 0.25) is 5.15 Å². The molecule has 1 aliphatic rings. The van der Waals surface area contributed by atoms with E-state index >= 15 is 0 Å². The topological polar surface area (TPSA) is 29.0 Å². The number of halogens is 1. The molecule has 0 aromatic carbocycles. The molecular formula is C14H18ClN3S. The molecule has 1 unspecified atom stereocenters. The van der Waals surface area contributed by atoms with Crippen molar-refractivity contribution in [1.29, 1.82) is 0 Å². The van der Waals surface area contributed by atoms with E-state index in [0.29, 0.717) is 11.1 Å². The standard InChI is InChI=1S/C14H18ClN3S/c1-8-5-4-6-18(7-8)14-16-12(15)11-9(2)10(3)19-13(11)17-14/h8H,4-7H2,1-3H3. The lowest BCUT2D eigenvalue weighted by molar-refractivity contribution is 0.442. The Labute approximate surface area is 122 Å². The number of nitrogens with zero attached hydrogens (tertiary/aromatic N) is 3. The first kappa shape index (κ1) is 13.1. The van der Waals surface area contributed by atoms with Crippen molar-refractivity contribution in [2.75, 3.05) is 18.0 Å². The van der Waals surface area contributed by atoms with Gasteiger partial charge in [-0.25, -0.2) is 9.97 Å². The second-order valence-electron chi connectivity index (χ2n) is 5.47. The van der Waals surface area contributed by atoms with E-state index in [4.69, 9.17) is 16.6 Å². The van der Waals surface area contributed by atoms with Crippen LogP contribution in [-0.4, -0.2) is 23.1 Å². The molecule has 0 radical (unpaired) electrons. The van der Waals surface area contributed by atoms with Crippen LogP contribution in [-0.2, 0) is 0 Å². The van der Waals surface area contributed by atoms with Gasteiger partial charge in [0.15, 0.2) is 0 Å². The number of aryl methyl sites for hydroxylation is 2. The first-order valence-electron chi connectivity index (χ1n) is 6.74. The van der Waals surface area contributed by atoms with Crippen molar-refractivity contribution in [3.05, 3.63) is 15.6 Å². The third kappa shape index (κ3) is 2.32. The maximum absolute atomic E-state index is 6.37. The number of hydrogen-bond acceptors (Lipinski definition) is 4. The van der Waals surface area contributed by atoms with Crippen LogP contribution in [0.1, 0.15) is 30.2 Å². The van der Waals surface area contributed by atoms with Crippen molar-refractivity contribution >= 4 is 39.1 Å². The van der Waals surface area contributed by atoms with Crippen LogP contribution >= 0.6 is 22.9 Å². The molecule has 1 fully saturated rings. The van der Waals surface area contributed by atoms with Gasteiger partial charge in [-0.2, -0.15) is 0 Å². The number of rotatable bonds is 1. The molecule has 5 heteroatoms. The van der Waals surface area contributed by atoms with Gasteiger partial charge in [-0.1, -0.05) is 18.5 Å². The van der Waals surface area contributed by atoms with Crippen LogP contribution < -0.4 is 4.90 Å². The van der Waals surface area contributed by atoms with Crippen LogP contribution in [0.25, 0.3) is 10.2 Å². The Hall–Kier alpha value is -0.870. The first-order chi connectivity index (χ1) is 9.06. The molecule has 1 saturated heterocycles. The van der Waals surface area contributed by atoms with E-state index < -0.39 is 0 Å². The van der Waals surface area contributed by atoms with Gasteiger partial charge in [0, 0.05) is 18.0 Å². The third-order valence-corrected chi connectivity index (χ3v) is 5.29. The molecule has 0 N–H and O–H groups in total. The largest absolute Gasteiger partial charge is 0.340 e. The Morgan fingerprint density at radius 3 is 2.84 bits per heavy atom. The molecule has 19 heavy (non-hydrogen) atoms. The lowest BCUT2D eigenvalue weighted by Gasteiger charge is -2.30. The quantitative estimate of drug-likeness (QED) is 0.738. The average molecular weight is 296 g/mol. The van der Waals surface area contributed by atoms with Crippen LogP contribution in [0.4, 0.5) is 5.95 Å². The number of anilines is 1. The fourth-order valence-electron chi connectivity index (χ4n) is 2.70. The van der Waals surface area contributed by atoms with Crippen LogP contribution in [0, 0.1) is 19.8 Å². The van der Waals surface area contributed by atoms with Gasteiger partial charge in [0.25, 0.3) is 0 Å². The first-order valence-corrected chi connectivity index (χ1v) is 7.94. The summed E-state index contributed by atoms with van der Waals surface area (Å²) in [5.74, 6) is 1.50. The van der Waals surface area contributed by atoms with Crippen LogP contribution in [0.15, 0.2) is 0 Å². The monoisotopic (exact) mass is 295 g/mol. The molecule has 3 heterocycles. The molecular weight excluding hydrogens is 278 g/mol. The average Bonchev–Trinajstić information content (AvgIpc) is 2.65. The predicted molar refractivity (Wildman–Crippen MR) is 82.5 cm³/mol. The summed E-state index contributed by atoms with van der Waals surface area (Å²) in [4.78, 5) is 13.8. The molecule has 0 amide bonds. The third-order valence-electron chi connectivity index (χ3n) is 3.91. The summed E-state index contributed by atoms with van der Waals surface area (Å²) in [6.45, 7) is 8.55. The Bertz CT molecular complexity index is 623. The van der Waals surface area contributed by atoms with Crippen molar-refractivity contribution in [1.82, 2.24) is 9.97 Å². The molecule has 2 aromatic rings. The van der Waals surface area contributed by atoms with Gasteiger partial charge in [-0.05, 0) is 38.2 Å². The van der Waals surface area contributed by atoms with Gasteiger partial charge < -0.3 is 4.90 Å². The highest BCUT2D eigenvalue weighted by atomic mass is 35.5. The normalized spacial score (nSPS) is 20.2. The Morgan fingerprint density at radius 1 is 1.32 bits per heavy atom. The van der Waals surface area contributed by atoms with E-state index in [1.807, 2.05) is 0 Å². The zero-order chi connectivity index (χ0) is 13.6. The molecule has 3 nitrogen and oxygen atoms in total. The van der Waals surface area contributed by atoms with E-state index in [1.54, 1.807) is 11.3 Å². The van der Waals surface area contributed by atoms with E-state index in [2.05, 4.69) is 30.7 Å². The molecule has 0 saturated carbocycles. The highest BCUT2D eigenvalue weighted by Crippen LogP contribution is 2.34. The van der Waals surface area contributed by atoms with E-state index in [1.165, 1.54) is 23.3 Å². The summed E-state index contributed by atoms with van der Waals surface area (Å²) >= 11 is 8.07. The van der Waals surface area contributed by atoms with Gasteiger partial charge in [0.2, 0.25) is 5.95 Å². The van der Waals surface area contributed by atoms with Gasteiger partial charge in [-0.15, -0.1) is 11.3 Å². The second-order valence-corrected chi connectivity index (χ2v) is 7.03. The highest BCUT2D eigenvalue weighted by molar-refractivity contribution is 7.18. The number of fused-ring (bicyclic) bond motifs is 1. The van der Waals surface area contributed by atoms with Crippen LogP contribution in [0.3, 0.4) is 0 Å². The molecule has 1 aliphatic heterocycles. The van der Waals surface area contributed by atoms with Crippen molar-refractivity contribution in [3.8, 4) is 0 Å². The number of hydrogen-bond donors (Lipinski definition) is 0. The number of piperidine rings is 1. The van der Waals surface area contributed by atoms with Crippen LogP contribution in [0.5, 0.6) is 0 Å². The number of thiophene rings is 1. The van der Waals surface area contributed by atoms with Crippen molar-refractivity contribution in [3.63, 3.8) is 0 Å². The van der Waals surface area contributed by atoms with E-state index in [-0.39, 0.29) is 0 Å². The summed E-state index contributed by atoms with van der Waals surface area (Å²) in [6.07, 6.45) is 2.51. The molecule has 0 spiro atoms. The summed E-state index contributed by atoms with van der Waals surface area (Å²) in [7, 11) is 0. The summed E-state index contributed by atoms with van der Waals surface area (Å²) in [6, 6.07) is 0. The van der Waals surface area contributed by atoms with Gasteiger partial charge in [0.05, 0.1) is 5.39 Å². The number of aromatic nitrogens is 2. The van der Waals surface area contributed by atoms with Gasteiger partial charge in [0.1, 0.15) is 9.98 Å². The molecule has 0 bridgehead atoms. The summed E-state index contributed by atoms with van der Waals surface area (Å²) < 4.78 is 0. The molecule has 3 rings (SSSR count). The van der Waals surface area contributed by atoms with Gasteiger partial charge in [-0.3, -0.25) is 0 Å². The van der Waals surface area contributed by atoms with Crippen molar-refractivity contribution < 1.29 is 0 Å². The lowest BCUT2D eigenvalue weighted by atomic mass is 10.0. The minimum absolute atomic E-state index is 0.597. The Kier molecular flexibility index (Phi) is 3.39. The molecule has 0 aliphatic carbocycles. The minimum atomic E-state index is 0.597. The summed E-state index contributed by atoms with van der Waals surface area (Å²) in [5, 5.41) is 1.62. The Balaban J connectivity index is 2.05. The maximum Gasteiger partial charge on any atom is 0.228 e.